The normalized spacial score (nSPS) is 21.2. The van der Waals surface area contributed by atoms with Gasteiger partial charge in [0, 0.05) is 32.4 Å². The van der Waals surface area contributed by atoms with E-state index in [1.165, 1.54) is 12.8 Å². The molecule has 7 heteroatoms. The summed E-state index contributed by atoms with van der Waals surface area (Å²) in [6.45, 7) is 3.98. The van der Waals surface area contributed by atoms with Crippen LogP contribution in [-0.4, -0.2) is 48.2 Å². The van der Waals surface area contributed by atoms with E-state index >= 15 is 0 Å². The van der Waals surface area contributed by atoms with Crippen LogP contribution in [0.15, 0.2) is 36.5 Å². The Morgan fingerprint density at radius 2 is 1.89 bits per heavy atom. The van der Waals surface area contributed by atoms with E-state index in [1.807, 2.05) is 23.1 Å². The lowest BCUT2D eigenvalue weighted by Crippen LogP contribution is -2.56. The number of hydrogen-bond acceptors (Lipinski definition) is 5. The topological polar surface area (TPSA) is 64.6 Å². The van der Waals surface area contributed by atoms with Gasteiger partial charge in [-0.1, -0.05) is 6.07 Å². The number of amides is 2. The predicted octanol–water partition coefficient (Wildman–Crippen LogP) is 3.10. The highest BCUT2D eigenvalue weighted by Crippen LogP contribution is 2.39. The van der Waals surface area contributed by atoms with Gasteiger partial charge in [0.2, 0.25) is 0 Å². The van der Waals surface area contributed by atoms with Crippen LogP contribution in [0.1, 0.15) is 25.7 Å². The minimum Gasteiger partial charge on any atom is -0.366 e. The fourth-order valence-electron chi connectivity index (χ4n) is 4.40. The molecule has 2 bridgehead atoms. The Kier molecular flexibility index (Phi) is 4.07. The van der Waals surface area contributed by atoms with E-state index in [0.717, 1.165) is 56.3 Å². The average molecular weight is 364 g/mol. The number of nitrogens with zero attached hydrogens (tertiary/aromatic N) is 5. The number of nitrogens with one attached hydrogen (secondary N) is 1. The van der Waals surface area contributed by atoms with E-state index in [2.05, 4.69) is 32.2 Å². The minimum absolute atomic E-state index is 0.146. The molecule has 7 nitrogen and oxygen atoms in total. The zero-order chi connectivity index (χ0) is 18.2. The molecular formula is C20H24N6O. The van der Waals surface area contributed by atoms with Crippen molar-refractivity contribution in [2.24, 2.45) is 0 Å². The summed E-state index contributed by atoms with van der Waals surface area (Å²) in [5.41, 5.74) is 1.06. The van der Waals surface area contributed by atoms with Gasteiger partial charge in [-0.3, -0.25) is 10.2 Å². The number of urea groups is 1. The van der Waals surface area contributed by atoms with Crippen molar-refractivity contribution < 1.29 is 4.79 Å². The third-order valence-corrected chi connectivity index (χ3v) is 5.72. The number of fused-ring (bicyclic) bond motifs is 4. The molecule has 5 heterocycles. The quantitative estimate of drug-likeness (QED) is 0.887. The molecule has 140 valence electrons. The summed E-state index contributed by atoms with van der Waals surface area (Å²) in [5.74, 6) is 2.32. The standard InChI is InChI=1S/C20H24N6O/c27-20(22-17-7-1-2-10-21-17)26-15-6-5-13-25(14-15)16-8-9-18(23-19(16)26)24-11-3-4-12-24/h1-2,7-10,15H,3-6,11-14H2,(H,21,22,27)/t15-/m0/s1. The summed E-state index contributed by atoms with van der Waals surface area (Å²) < 4.78 is 0. The van der Waals surface area contributed by atoms with E-state index in [9.17, 15) is 4.79 Å². The SMILES string of the molecule is O=C(Nc1ccccn1)N1c2nc(N3CCCC3)ccc2N2CCC[C@H]1C2. The highest BCUT2D eigenvalue weighted by atomic mass is 16.2. The Bertz CT molecular complexity index is 836. The van der Waals surface area contributed by atoms with Crippen LogP contribution in [0.5, 0.6) is 0 Å². The first kappa shape index (κ1) is 16.4. The van der Waals surface area contributed by atoms with Crippen molar-refractivity contribution >= 4 is 29.2 Å². The average Bonchev–Trinajstić information content (AvgIpc) is 3.23. The minimum atomic E-state index is -0.146. The molecule has 0 aromatic carbocycles. The Balaban J connectivity index is 1.51. The second kappa shape index (κ2) is 6.72. The van der Waals surface area contributed by atoms with Gasteiger partial charge in [0.15, 0.2) is 5.82 Å². The van der Waals surface area contributed by atoms with Crippen LogP contribution in [0.3, 0.4) is 0 Å². The van der Waals surface area contributed by atoms with Crippen LogP contribution >= 0.6 is 0 Å². The maximum absolute atomic E-state index is 13.2. The number of piperidine rings is 1. The molecule has 1 N–H and O–H groups in total. The molecule has 0 spiro atoms. The summed E-state index contributed by atoms with van der Waals surface area (Å²) in [5, 5.41) is 2.95. The van der Waals surface area contributed by atoms with Gasteiger partial charge in [-0.05, 0) is 49.9 Å². The first-order valence-corrected chi connectivity index (χ1v) is 9.82. The van der Waals surface area contributed by atoms with Crippen molar-refractivity contribution in [1.29, 1.82) is 0 Å². The molecule has 3 aliphatic rings. The van der Waals surface area contributed by atoms with E-state index < -0.39 is 0 Å². The third kappa shape index (κ3) is 2.97. The van der Waals surface area contributed by atoms with Crippen molar-refractivity contribution in [2.75, 3.05) is 46.2 Å². The van der Waals surface area contributed by atoms with Gasteiger partial charge in [-0.2, -0.15) is 0 Å². The molecule has 2 aromatic heterocycles. The molecule has 2 aromatic rings. The number of carbonyl (C=O) groups excluding carboxylic acids is 1. The van der Waals surface area contributed by atoms with Gasteiger partial charge in [-0.25, -0.2) is 14.8 Å². The molecule has 2 fully saturated rings. The number of hydrogen-bond donors (Lipinski definition) is 1. The summed E-state index contributed by atoms with van der Waals surface area (Å²) in [7, 11) is 0. The zero-order valence-corrected chi connectivity index (χ0v) is 15.3. The summed E-state index contributed by atoms with van der Waals surface area (Å²) in [6.07, 6.45) is 6.19. The van der Waals surface area contributed by atoms with Gasteiger partial charge in [-0.15, -0.1) is 0 Å². The Labute approximate surface area is 159 Å². The van der Waals surface area contributed by atoms with Crippen molar-refractivity contribution in [3.8, 4) is 0 Å². The Hall–Kier alpha value is -2.83. The molecule has 0 aliphatic carbocycles. The number of aromatic nitrogens is 2. The second-order valence-electron chi connectivity index (χ2n) is 7.46. The van der Waals surface area contributed by atoms with Crippen LogP contribution in [0.25, 0.3) is 0 Å². The largest absolute Gasteiger partial charge is 0.366 e. The lowest BCUT2D eigenvalue weighted by Gasteiger charge is -2.46. The summed E-state index contributed by atoms with van der Waals surface area (Å²) in [6, 6.07) is 9.77. The van der Waals surface area contributed by atoms with E-state index in [0.29, 0.717) is 5.82 Å². The molecule has 0 saturated carbocycles. The van der Waals surface area contributed by atoms with Crippen molar-refractivity contribution in [1.82, 2.24) is 9.97 Å². The van der Waals surface area contributed by atoms with E-state index in [-0.39, 0.29) is 12.1 Å². The Morgan fingerprint density at radius 1 is 1.04 bits per heavy atom. The van der Waals surface area contributed by atoms with Crippen molar-refractivity contribution in [3.63, 3.8) is 0 Å². The van der Waals surface area contributed by atoms with Crippen LogP contribution in [0.2, 0.25) is 0 Å². The molecular weight excluding hydrogens is 340 g/mol. The smallest absolute Gasteiger partial charge is 0.329 e. The number of anilines is 4. The van der Waals surface area contributed by atoms with Gasteiger partial charge in [0.05, 0.1) is 11.7 Å². The number of pyridine rings is 2. The van der Waals surface area contributed by atoms with Gasteiger partial charge < -0.3 is 9.80 Å². The van der Waals surface area contributed by atoms with Crippen LogP contribution < -0.4 is 20.0 Å². The molecule has 0 radical (unpaired) electrons. The monoisotopic (exact) mass is 364 g/mol. The first-order chi connectivity index (χ1) is 13.3. The van der Waals surface area contributed by atoms with Crippen LogP contribution in [-0.2, 0) is 0 Å². The van der Waals surface area contributed by atoms with Crippen LogP contribution in [0, 0.1) is 0 Å². The number of rotatable bonds is 2. The summed E-state index contributed by atoms with van der Waals surface area (Å²) in [4.78, 5) is 28.9. The van der Waals surface area contributed by atoms with E-state index in [4.69, 9.17) is 4.98 Å². The number of carbonyl (C=O) groups is 1. The van der Waals surface area contributed by atoms with Gasteiger partial charge in [0.1, 0.15) is 11.6 Å². The van der Waals surface area contributed by atoms with Crippen molar-refractivity contribution in [2.45, 2.75) is 31.7 Å². The second-order valence-corrected chi connectivity index (χ2v) is 7.46. The molecule has 2 saturated heterocycles. The maximum Gasteiger partial charge on any atom is 0.329 e. The fourth-order valence-corrected chi connectivity index (χ4v) is 4.40. The lowest BCUT2D eigenvalue weighted by atomic mass is 10.00. The molecule has 2 amide bonds. The highest BCUT2D eigenvalue weighted by molar-refractivity contribution is 6.04. The maximum atomic E-state index is 13.2. The molecule has 27 heavy (non-hydrogen) atoms. The fraction of sp³-hybridized carbons (Fsp3) is 0.450. The van der Waals surface area contributed by atoms with Crippen LogP contribution in [0.4, 0.5) is 27.9 Å². The zero-order valence-electron chi connectivity index (χ0n) is 15.3. The molecule has 0 unspecified atom stereocenters. The van der Waals surface area contributed by atoms with Crippen molar-refractivity contribution in [3.05, 3.63) is 36.5 Å². The molecule has 1 atom stereocenters. The van der Waals surface area contributed by atoms with E-state index in [1.54, 1.807) is 6.20 Å². The lowest BCUT2D eigenvalue weighted by molar-refractivity contribution is 0.252. The molecule has 5 rings (SSSR count). The van der Waals surface area contributed by atoms with Gasteiger partial charge in [0.25, 0.3) is 0 Å². The summed E-state index contributed by atoms with van der Waals surface area (Å²) >= 11 is 0. The predicted molar refractivity (Wildman–Crippen MR) is 107 cm³/mol. The molecule has 3 aliphatic heterocycles. The van der Waals surface area contributed by atoms with Gasteiger partial charge >= 0.3 is 6.03 Å². The third-order valence-electron chi connectivity index (χ3n) is 5.72. The first-order valence-electron chi connectivity index (χ1n) is 9.82. The Morgan fingerprint density at radius 3 is 2.70 bits per heavy atom. The highest BCUT2D eigenvalue weighted by Gasteiger charge is 2.38.